The zero-order valence-corrected chi connectivity index (χ0v) is 12.5. The van der Waals surface area contributed by atoms with Gasteiger partial charge in [0.1, 0.15) is 5.92 Å². The lowest BCUT2D eigenvalue weighted by atomic mass is 10.1. The van der Waals surface area contributed by atoms with E-state index in [1.165, 1.54) is 0 Å². The fourth-order valence-electron chi connectivity index (χ4n) is 2.27. The van der Waals surface area contributed by atoms with Crippen LogP contribution in [0.3, 0.4) is 0 Å². The fraction of sp³-hybridized carbons (Fsp3) is 0.467. The summed E-state index contributed by atoms with van der Waals surface area (Å²) in [4.78, 5) is 26.1. The summed E-state index contributed by atoms with van der Waals surface area (Å²) in [6, 6.07) is 7.24. The predicted molar refractivity (Wildman–Crippen MR) is 79.8 cm³/mol. The van der Waals surface area contributed by atoms with E-state index in [2.05, 4.69) is 5.32 Å². The first kappa shape index (κ1) is 14.9. The highest BCUT2D eigenvalue weighted by Crippen LogP contribution is 2.27. The highest BCUT2D eigenvalue weighted by atomic mass is 35.5. The van der Waals surface area contributed by atoms with E-state index in [1.807, 2.05) is 19.9 Å². The topological polar surface area (TPSA) is 49.4 Å². The molecule has 0 radical (unpaired) electrons. The summed E-state index contributed by atoms with van der Waals surface area (Å²) >= 11 is 5.94. The summed E-state index contributed by atoms with van der Waals surface area (Å²) < 4.78 is 0. The van der Waals surface area contributed by atoms with Gasteiger partial charge in [0, 0.05) is 23.3 Å². The molecule has 0 spiro atoms. The zero-order chi connectivity index (χ0) is 14.7. The van der Waals surface area contributed by atoms with Crippen molar-refractivity contribution in [3.8, 4) is 0 Å². The first-order valence-corrected chi connectivity index (χ1v) is 7.28. The van der Waals surface area contributed by atoms with Gasteiger partial charge in [-0.1, -0.05) is 24.6 Å². The van der Waals surface area contributed by atoms with Gasteiger partial charge in [-0.3, -0.25) is 9.59 Å². The third kappa shape index (κ3) is 3.12. The summed E-state index contributed by atoms with van der Waals surface area (Å²) in [7, 11) is 0. The molecule has 5 heteroatoms. The number of carbonyl (C=O) groups is 2. The number of nitrogens with one attached hydrogen (secondary N) is 1. The molecule has 2 atom stereocenters. The minimum Gasteiger partial charge on any atom is -0.353 e. The molecule has 0 aromatic heterocycles. The van der Waals surface area contributed by atoms with E-state index in [-0.39, 0.29) is 17.9 Å². The van der Waals surface area contributed by atoms with Crippen LogP contribution in [-0.2, 0) is 9.59 Å². The number of nitrogens with zero attached hydrogens (tertiary/aromatic N) is 1. The number of benzene rings is 1. The molecule has 1 fully saturated rings. The maximum Gasteiger partial charge on any atom is 0.239 e. The Morgan fingerprint density at radius 1 is 1.55 bits per heavy atom. The number of carbonyl (C=O) groups excluding carboxylic acids is 2. The van der Waals surface area contributed by atoms with Gasteiger partial charge >= 0.3 is 0 Å². The molecular weight excluding hydrogens is 276 g/mol. The summed E-state index contributed by atoms with van der Waals surface area (Å²) in [6.07, 6.45) is 1.40. The molecule has 108 valence electrons. The highest BCUT2D eigenvalue weighted by molar-refractivity contribution is 6.31. The summed E-state index contributed by atoms with van der Waals surface area (Å²) in [5.74, 6) is -0.898. The Morgan fingerprint density at radius 2 is 2.30 bits per heavy atom. The molecule has 2 rings (SSSR count). The van der Waals surface area contributed by atoms with E-state index in [0.717, 1.165) is 12.1 Å². The number of hydrogen-bond acceptors (Lipinski definition) is 2. The van der Waals surface area contributed by atoms with E-state index in [1.54, 1.807) is 23.1 Å². The minimum absolute atomic E-state index is 0.0931. The summed E-state index contributed by atoms with van der Waals surface area (Å²) in [5.41, 5.74) is 0.751. The Labute approximate surface area is 124 Å². The molecule has 1 aliphatic heterocycles. The lowest BCUT2D eigenvalue weighted by Gasteiger charge is -2.18. The van der Waals surface area contributed by atoms with Crippen LogP contribution in [0.5, 0.6) is 0 Å². The standard InChI is InChI=1S/C15H19ClN2O2/c1-3-10(2)17-14(19)13-7-8-18(15(13)20)12-6-4-5-11(16)9-12/h4-6,9-10,13H,3,7-8H2,1-2H3,(H,17,19)/t10-,13-/m0/s1. The molecule has 1 saturated heterocycles. The monoisotopic (exact) mass is 294 g/mol. The van der Waals surface area contributed by atoms with E-state index in [9.17, 15) is 9.59 Å². The van der Waals surface area contributed by atoms with Gasteiger partial charge in [-0.25, -0.2) is 0 Å². The smallest absolute Gasteiger partial charge is 0.239 e. The van der Waals surface area contributed by atoms with Crippen molar-refractivity contribution in [1.29, 1.82) is 0 Å². The van der Waals surface area contributed by atoms with Gasteiger partial charge in [0.05, 0.1) is 0 Å². The maximum absolute atomic E-state index is 12.4. The van der Waals surface area contributed by atoms with Gasteiger partial charge in [0.15, 0.2) is 0 Å². The van der Waals surface area contributed by atoms with Crippen molar-refractivity contribution in [2.75, 3.05) is 11.4 Å². The van der Waals surface area contributed by atoms with Crippen LogP contribution in [0, 0.1) is 5.92 Å². The molecule has 20 heavy (non-hydrogen) atoms. The second-order valence-corrected chi connectivity index (χ2v) is 5.57. The average Bonchev–Trinajstić information content (AvgIpc) is 2.80. The fourth-order valence-corrected chi connectivity index (χ4v) is 2.45. The van der Waals surface area contributed by atoms with Gasteiger partial charge in [0.2, 0.25) is 11.8 Å². The maximum atomic E-state index is 12.4. The Morgan fingerprint density at radius 3 is 2.95 bits per heavy atom. The van der Waals surface area contributed by atoms with Crippen molar-refractivity contribution in [2.45, 2.75) is 32.7 Å². The van der Waals surface area contributed by atoms with Gasteiger partial charge in [-0.05, 0) is 38.0 Å². The predicted octanol–water partition coefficient (Wildman–Crippen LogP) is 2.61. The Kier molecular flexibility index (Phi) is 4.65. The number of hydrogen-bond donors (Lipinski definition) is 1. The molecule has 1 aliphatic rings. The van der Waals surface area contributed by atoms with E-state index in [4.69, 9.17) is 11.6 Å². The van der Waals surface area contributed by atoms with Crippen LogP contribution < -0.4 is 10.2 Å². The van der Waals surface area contributed by atoms with Crippen LogP contribution in [0.2, 0.25) is 5.02 Å². The van der Waals surface area contributed by atoms with Crippen molar-refractivity contribution < 1.29 is 9.59 Å². The normalized spacial score (nSPS) is 20.1. The minimum atomic E-state index is -0.581. The molecule has 1 aromatic carbocycles. The van der Waals surface area contributed by atoms with Crippen LogP contribution in [-0.4, -0.2) is 24.4 Å². The molecule has 0 bridgehead atoms. The van der Waals surface area contributed by atoms with Crippen molar-refractivity contribution in [3.63, 3.8) is 0 Å². The average molecular weight is 295 g/mol. The lowest BCUT2D eigenvalue weighted by molar-refractivity contribution is -0.132. The first-order valence-electron chi connectivity index (χ1n) is 6.90. The van der Waals surface area contributed by atoms with Crippen molar-refractivity contribution in [2.24, 2.45) is 5.92 Å². The third-order valence-corrected chi connectivity index (χ3v) is 3.88. The third-order valence-electron chi connectivity index (χ3n) is 3.64. The highest BCUT2D eigenvalue weighted by Gasteiger charge is 2.37. The van der Waals surface area contributed by atoms with Gasteiger partial charge in [-0.15, -0.1) is 0 Å². The van der Waals surface area contributed by atoms with E-state index < -0.39 is 5.92 Å². The molecule has 0 aliphatic carbocycles. The van der Waals surface area contributed by atoms with Crippen LogP contribution in [0.25, 0.3) is 0 Å². The molecule has 1 aromatic rings. The summed E-state index contributed by atoms with van der Waals surface area (Å²) in [5, 5.41) is 3.46. The molecule has 2 amide bonds. The quantitative estimate of drug-likeness (QED) is 0.868. The molecule has 0 unspecified atom stereocenters. The van der Waals surface area contributed by atoms with E-state index >= 15 is 0 Å². The van der Waals surface area contributed by atoms with Crippen LogP contribution in [0.4, 0.5) is 5.69 Å². The van der Waals surface area contributed by atoms with Crippen molar-refractivity contribution >= 4 is 29.1 Å². The molecular formula is C15H19ClN2O2. The first-order chi connectivity index (χ1) is 9.52. The molecule has 0 saturated carbocycles. The van der Waals surface area contributed by atoms with Gasteiger partial charge in [0.25, 0.3) is 0 Å². The van der Waals surface area contributed by atoms with Gasteiger partial charge < -0.3 is 10.2 Å². The number of rotatable bonds is 4. The zero-order valence-electron chi connectivity index (χ0n) is 11.7. The van der Waals surface area contributed by atoms with E-state index in [0.29, 0.717) is 18.0 Å². The van der Waals surface area contributed by atoms with Gasteiger partial charge in [-0.2, -0.15) is 0 Å². The van der Waals surface area contributed by atoms with Crippen molar-refractivity contribution in [1.82, 2.24) is 5.32 Å². The number of halogens is 1. The van der Waals surface area contributed by atoms with Crippen LogP contribution in [0.15, 0.2) is 24.3 Å². The Balaban J connectivity index is 2.08. The molecule has 1 heterocycles. The van der Waals surface area contributed by atoms with Crippen molar-refractivity contribution in [3.05, 3.63) is 29.3 Å². The largest absolute Gasteiger partial charge is 0.353 e. The second-order valence-electron chi connectivity index (χ2n) is 5.13. The van der Waals surface area contributed by atoms with Crippen LogP contribution >= 0.6 is 11.6 Å². The molecule has 4 nitrogen and oxygen atoms in total. The lowest BCUT2D eigenvalue weighted by Crippen LogP contribution is -2.40. The molecule has 1 N–H and O–H groups in total. The SMILES string of the molecule is CC[C@H](C)NC(=O)[C@@H]1CCN(c2cccc(Cl)c2)C1=O. The second kappa shape index (κ2) is 6.27. The Bertz CT molecular complexity index is 518. The van der Waals surface area contributed by atoms with Crippen LogP contribution in [0.1, 0.15) is 26.7 Å². The Hall–Kier alpha value is -1.55. The number of anilines is 1. The summed E-state index contributed by atoms with van der Waals surface area (Å²) in [6.45, 7) is 4.49. The number of amides is 2.